The lowest BCUT2D eigenvalue weighted by molar-refractivity contribution is 0.0982. The Kier molecular flexibility index (Phi) is 5.84. The summed E-state index contributed by atoms with van der Waals surface area (Å²) in [7, 11) is 0. The maximum Gasteiger partial charge on any atom is 0.204 e. The lowest BCUT2D eigenvalue weighted by Gasteiger charge is -2.08. The van der Waals surface area contributed by atoms with Crippen LogP contribution in [0.2, 0.25) is 0 Å². The summed E-state index contributed by atoms with van der Waals surface area (Å²) in [5.74, 6) is 1.28. The van der Waals surface area contributed by atoms with Crippen molar-refractivity contribution in [1.82, 2.24) is 25.6 Å². The van der Waals surface area contributed by atoms with Gasteiger partial charge in [-0.15, -0.1) is 10.2 Å². The van der Waals surface area contributed by atoms with Crippen molar-refractivity contribution < 1.29 is 9.53 Å². The second-order valence-electron chi connectivity index (χ2n) is 7.67. The van der Waals surface area contributed by atoms with E-state index in [1.165, 1.54) is 0 Å². The fraction of sp³-hybridized carbons (Fsp3) is 0.115. The van der Waals surface area contributed by atoms with Gasteiger partial charge in [-0.3, -0.25) is 4.79 Å². The Balaban J connectivity index is 1.19. The molecule has 2 aromatic heterocycles. The van der Waals surface area contributed by atoms with E-state index in [1.54, 1.807) is 6.07 Å². The molecule has 0 radical (unpaired) electrons. The number of pyridine rings is 1. The predicted molar refractivity (Wildman–Crippen MR) is 125 cm³/mol. The summed E-state index contributed by atoms with van der Waals surface area (Å²) < 4.78 is 5.91. The van der Waals surface area contributed by atoms with Crippen molar-refractivity contribution in [3.05, 3.63) is 102 Å². The van der Waals surface area contributed by atoms with Crippen molar-refractivity contribution in [2.24, 2.45) is 0 Å². The molecule has 1 N–H and O–H groups in total. The summed E-state index contributed by atoms with van der Waals surface area (Å²) in [5.41, 5.74) is 4.37. The molecule has 0 aliphatic rings. The molecule has 162 valence electrons. The Hall–Kier alpha value is -4.39. The van der Waals surface area contributed by atoms with Gasteiger partial charge in [-0.2, -0.15) is 5.21 Å². The van der Waals surface area contributed by atoms with Crippen LogP contribution in [0.5, 0.6) is 5.75 Å². The Morgan fingerprint density at radius 3 is 2.64 bits per heavy atom. The highest BCUT2D eigenvalue weighted by Crippen LogP contribution is 2.19. The van der Waals surface area contributed by atoms with E-state index in [2.05, 4.69) is 25.6 Å². The third kappa shape index (κ3) is 4.93. The van der Waals surface area contributed by atoms with Crippen LogP contribution in [0.15, 0.2) is 84.9 Å². The molecular formula is C26H21N5O2. The Morgan fingerprint density at radius 2 is 1.79 bits per heavy atom. The number of carbonyl (C=O) groups excluding carboxylic acids is 1. The molecule has 2 heterocycles. The molecule has 0 amide bonds. The average molecular weight is 435 g/mol. The number of carbonyl (C=O) groups is 1. The highest BCUT2D eigenvalue weighted by Gasteiger charge is 2.09. The van der Waals surface area contributed by atoms with Gasteiger partial charge in [0.05, 0.1) is 11.2 Å². The van der Waals surface area contributed by atoms with E-state index in [-0.39, 0.29) is 5.78 Å². The fourth-order valence-electron chi connectivity index (χ4n) is 3.61. The van der Waals surface area contributed by atoms with Gasteiger partial charge in [0.1, 0.15) is 12.4 Å². The number of aryl methyl sites for hydroxylation is 1. The lowest BCUT2D eigenvalue weighted by atomic mass is 10.0. The third-order valence-corrected chi connectivity index (χ3v) is 5.40. The molecule has 0 saturated carbocycles. The van der Waals surface area contributed by atoms with Crippen LogP contribution >= 0.6 is 0 Å². The van der Waals surface area contributed by atoms with Crippen molar-refractivity contribution in [2.75, 3.05) is 0 Å². The van der Waals surface area contributed by atoms with Crippen LogP contribution in [0.3, 0.4) is 0 Å². The van der Waals surface area contributed by atoms with Gasteiger partial charge >= 0.3 is 0 Å². The summed E-state index contributed by atoms with van der Waals surface area (Å²) in [5, 5.41) is 15.0. The number of ether oxygens (including phenoxy) is 1. The minimum atomic E-state index is 0.0755. The topological polar surface area (TPSA) is 93.7 Å². The second kappa shape index (κ2) is 9.40. The number of H-pyrrole nitrogens is 1. The average Bonchev–Trinajstić information content (AvgIpc) is 3.41. The monoisotopic (exact) mass is 435 g/mol. The number of aromatic nitrogens is 5. The number of nitrogens with zero attached hydrogens (tertiary/aromatic N) is 4. The summed E-state index contributed by atoms with van der Waals surface area (Å²) in [6.45, 7) is 0.342. The van der Waals surface area contributed by atoms with Gasteiger partial charge in [-0.1, -0.05) is 60.7 Å². The normalized spacial score (nSPS) is 10.9. The molecular weight excluding hydrogens is 414 g/mol. The number of benzene rings is 3. The van der Waals surface area contributed by atoms with Gasteiger partial charge in [0, 0.05) is 22.9 Å². The van der Waals surface area contributed by atoms with Crippen LogP contribution in [0.25, 0.3) is 22.3 Å². The molecule has 3 aromatic carbocycles. The van der Waals surface area contributed by atoms with Crippen LogP contribution in [0, 0.1) is 0 Å². The number of Topliss-reactive ketones (excluding diaryl/α,β-unsaturated/α-hetero) is 1. The molecule has 5 aromatic rings. The van der Waals surface area contributed by atoms with Crippen molar-refractivity contribution in [2.45, 2.75) is 19.4 Å². The van der Waals surface area contributed by atoms with E-state index in [4.69, 9.17) is 4.74 Å². The van der Waals surface area contributed by atoms with E-state index >= 15 is 0 Å². The maximum absolute atomic E-state index is 12.7. The molecule has 0 aliphatic carbocycles. The van der Waals surface area contributed by atoms with Crippen molar-refractivity contribution >= 4 is 16.7 Å². The van der Waals surface area contributed by atoms with Crippen LogP contribution < -0.4 is 4.74 Å². The largest absolute Gasteiger partial charge is 0.487 e. The van der Waals surface area contributed by atoms with E-state index in [0.29, 0.717) is 36.6 Å². The first-order valence-electron chi connectivity index (χ1n) is 10.7. The van der Waals surface area contributed by atoms with Crippen molar-refractivity contribution in [1.29, 1.82) is 0 Å². The molecule has 0 fully saturated rings. The Morgan fingerprint density at radius 1 is 0.909 bits per heavy atom. The van der Waals surface area contributed by atoms with Gasteiger partial charge < -0.3 is 4.74 Å². The first-order valence-corrected chi connectivity index (χ1v) is 10.7. The standard InChI is InChI=1S/C26H21N5O2/c32-25(15-10-18-8-11-20(12-9-18)26-28-30-31-29-26)21-5-3-6-23(16-21)33-17-22-14-13-19-4-1-2-7-24(19)27-22/h1-9,11-14,16H,10,15,17H2,(H,28,29,30,31). The van der Waals surface area contributed by atoms with Crippen LogP contribution in [-0.2, 0) is 13.0 Å². The number of fused-ring (bicyclic) bond motifs is 1. The number of hydrogen-bond donors (Lipinski definition) is 1. The number of aromatic amines is 1. The summed E-state index contributed by atoms with van der Waals surface area (Å²) in [6, 6.07) is 27.1. The SMILES string of the molecule is O=C(CCc1ccc(-c2nn[nH]n2)cc1)c1cccc(OCc2ccc3ccccc3n2)c1. The summed E-state index contributed by atoms with van der Waals surface area (Å²) >= 11 is 0. The first-order chi connectivity index (χ1) is 16.2. The molecule has 0 atom stereocenters. The number of hydrogen-bond acceptors (Lipinski definition) is 6. The molecule has 0 saturated heterocycles. The molecule has 33 heavy (non-hydrogen) atoms. The van der Waals surface area contributed by atoms with Gasteiger partial charge in [-0.25, -0.2) is 4.98 Å². The van der Waals surface area contributed by atoms with E-state index in [0.717, 1.165) is 27.7 Å². The minimum absolute atomic E-state index is 0.0755. The molecule has 0 aliphatic heterocycles. The van der Waals surface area contributed by atoms with Gasteiger partial charge in [-0.05, 0) is 41.5 Å². The number of tetrazole rings is 1. The number of nitrogens with one attached hydrogen (secondary N) is 1. The summed E-state index contributed by atoms with van der Waals surface area (Å²) in [6.07, 6.45) is 1.06. The highest BCUT2D eigenvalue weighted by molar-refractivity contribution is 5.96. The predicted octanol–water partition coefficient (Wildman–Crippen LogP) is 4.81. The number of ketones is 1. The zero-order valence-corrected chi connectivity index (χ0v) is 17.8. The molecule has 7 heteroatoms. The van der Waals surface area contributed by atoms with E-state index < -0.39 is 0 Å². The molecule has 0 unspecified atom stereocenters. The van der Waals surface area contributed by atoms with Crippen LogP contribution in [-0.4, -0.2) is 31.4 Å². The molecule has 7 nitrogen and oxygen atoms in total. The Bertz CT molecular complexity index is 1380. The maximum atomic E-state index is 12.7. The van der Waals surface area contributed by atoms with E-state index in [9.17, 15) is 4.79 Å². The minimum Gasteiger partial charge on any atom is -0.487 e. The van der Waals surface area contributed by atoms with Crippen molar-refractivity contribution in [3.63, 3.8) is 0 Å². The van der Waals surface area contributed by atoms with Gasteiger partial charge in [0.25, 0.3) is 0 Å². The summed E-state index contributed by atoms with van der Waals surface area (Å²) in [4.78, 5) is 17.4. The molecule has 0 spiro atoms. The molecule has 5 rings (SSSR count). The van der Waals surface area contributed by atoms with Crippen molar-refractivity contribution in [3.8, 4) is 17.1 Å². The third-order valence-electron chi connectivity index (χ3n) is 5.40. The van der Waals surface area contributed by atoms with Crippen LogP contribution in [0.1, 0.15) is 28.0 Å². The number of para-hydroxylation sites is 1. The van der Waals surface area contributed by atoms with Gasteiger partial charge in [0.2, 0.25) is 5.82 Å². The van der Waals surface area contributed by atoms with E-state index in [1.807, 2.05) is 78.9 Å². The highest BCUT2D eigenvalue weighted by atomic mass is 16.5. The smallest absolute Gasteiger partial charge is 0.204 e. The lowest BCUT2D eigenvalue weighted by Crippen LogP contribution is -2.03. The quantitative estimate of drug-likeness (QED) is 0.352. The molecule has 0 bridgehead atoms. The fourth-order valence-corrected chi connectivity index (χ4v) is 3.61. The van der Waals surface area contributed by atoms with Crippen LogP contribution in [0.4, 0.5) is 0 Å². The Labute approximate surface area is 190 Å². The zero-order chi connectivity index (χ0) is 22.5. The number of rotatable bonds is 8. The van der Waals surface area contributed by atoms with Gasteiger partial charge in [0.15, 0.2) is 5.78 Å². The second-order valence-corrected chi connectivity index (χ2v) is 7.67. The first kappa shape index (κ1) is 20.5. The zero-order valence-electron chi connectivity index (χ0n) is 17.8.